The standard InChI is InChI=1S/C25H22N6O3S/c1-15-8-9-18(24-21-6-4-5-7-22(21)25-28-27-16(2)31(25)29-24)14-23(15)35(33,34)30-20-12-10-19(11-13-20)26-17(3)32/h4-14,30H,1-3H3,(H,26,32). The molecule has 176 valence electrons. The molecule has 5 rings (SSSR count). The van der Waals surface area contributed by atoms with E-state index in [0.29, 0.717) is 39.7 Å². The first-order valence-corrected chi connectivity index (χ1v) is 12.3. The van der Waals surface area contributed by atoms with Crippen LogP contribution in [-0.2, 0) is 14.8 Å². The van der Waals surface area contributed by atoms with Gasteiger partial charge in [-0.3, -0.25) is 9.52 Å². The largest absolute Gasteiger partial charge is 0.326 e. The molecule has 35 heavy (non-hydrogen) atoms. The second kappa shape index (κ2) is 8.48. The maximum atomic E-state index is 13.3. The van der Waals surface area contributed by atoms with Crippen molar-refractivity contribution in [1.82, 2.24) is 19.8 Å². The zero-order chi connectivity index (χ0) is 24.7. The van der Waals surface area contributed by atoms with Crippen LogP contribution in [0.3, 0.4) is 0 Å². The van der Waals surface area contributed by atoms with Crippen LogP contribution in [-0.4, -0.2) is 34.1 Å². The van der Waals surface area contributed by atoms with Crippen LogP contribution in [0.25, 0.3) is 27.7 Å². The molecule has 2 aromatic heterocycles. The molecule has 9 nitrogen and oxygen atoms in total. The van der Waals surface area contributed by atoms with Crippen LogP contribution in [0.2, 0.25) is 0 Å². The summed E-state index contributed by atoms with van der Waals surface area (Å²) in [6, 6.07) is 19.4. The minimum Gasteiger partial charge on any atom is -0.326 e. The van der Waals surface area contributed by atoms with E-state index in [1.54, 1.807) is 47.8 Å². The van der Waals surface area contributed by atoms with E-state index in [4.69, 9.17) is 5.10 Å². The average Bonchev–Trinajstić information content (AvgIpc) is 3.20. The van der Waals surface area contributed by atoms with E-state index in [-0.39, 0.29) is 10.8 Å². The summed E-state index contributed by atoms with van der Waals surface area (Å²) in [5, 5.41) is 17.5. The fourth-order valence-electron chi connectivity index (χ4n) is 3.97. The van der Waals surface area contributed by atoms with E-state index < -0.39 is 10.0 Å². The third kappa shape index (κ3) is 4.19. The van der Waals surface area contributed by atoms with E-state index in [2.05, 4.69) is 20.2 Å². The van der Waals surface area contributed by atoms with Crippen LogP contribution >= 0.6 is 0 Å². The topological polar surface area (TPSA) is 118 Å². The molecule has 0 radical (unpaired) electrons. The minimum absolute atomic E-state index is 0.146. The molecule has 0 atom stereocenters. The predicted molar refractivity (Wildman–Crippen MR) is 135 cm³/mol. The van der Waals surface area contributed by atoms with Crippen molar-refractivity contribution in [1.29, 1.82) is 0 Å². The van der Waals surface area contributed by atoms with Gasteiger partial charge in [0.25, 0.3) is 10.0 Å². The maximum Gasteiger partial charge on any atom is 0.262 e. The van der Waals surface area contributed by atoms with Crippen molar-refractivity contribution in [2.75, 3.05) is 10.0 Å². The Bertz CT molecular complexity index is 1710. The van der Waals surface area contributed by atoms with Gasteiger partial charge in [0.1, 0.15) is 0 Å². The molecule has 0 saturated carbocycles. The van der Waals surface area contributed by atoms with Crippen LogP contribution in [0, 0.1) is 13.8 Å². The van der Waals surface area contributed by atoms with E-state index in [1.165, 1.54) is 6.92 Å². The van der Waals surface area contributed by atoms with Gasteiger partial charge < -0.3 is 5.32 Å². The summed E-state index contributed by atoms with van der Waals surface area (Å²) in [5.74, 6) is 0.433. The van der Waals surface area contributed by atoms with Gasteiger partial charge in [0.2, 0.25) is 5.91 Å². The van der Waals surface area contributed by atoms with E-state index in [0.717, 1.165) is 10.8 Å². The summed E-state index contributed by atoms with van der Waals surface area (Å²) in [7, 11) is -3.90. The highest BCUT2D eigenvalue weighted by molar-refractivity contribution is 7.92. The number of nitrogens with zero attached hydrogens (tertiary/aromatic N) is 4. The second-order valence-electron chi connectivity index (χ2n) is 8.22. The number of sulfonamides is 1. The highest BCUT2D eigenvalue weighted by Gasteiger charge is 2.20. The molecule has 0 aliphatic carbocycles. The van der Waals surface area contributed by atoms with Gasteiger partial charge in [0.15, 0.2) is 11.5 Å². The fourth-order valence-corrected chi connectivity index (χ4v) is 5.30. The molecule has 0 unspecified atom stereocenters. The lowest BCUT2D eigenvalue weighted by atomic mass is 10.0. The van der Waals surface area contributed by atoms with Crippen molar-refractivity contribution in [2.45, 2.75) is 25.7 Å². The number of rotatable bonds is 5. The lowest BCUT2D eigenvalue weighted by Crippen LogP contribution is -2.14. The monoisotopic (exact) mass is 486 g/mol. The molecule has 1 amide bonds. The highest BCUT2D eigenvalue weighted by Crippen LogP contribution is 2.32. The van der Waals surface area contributed by atoms with Gasteiger partial charge >= 0.3 is 0 Å². The van der Waals surface area contributed by atoms with Crippen molar-refractivity contribution in [3.63, 3.8) is 0 Å². The van der Waals surface area contributed by atoms with Crippen LogP contribution < -0.4 is 10.0 Å². The first kappa shape index (κ1) is 22.5. The Morgan fingerprint density at radius 3 is 2.29 bits per heavy atom. The molecule has 0 bridgehead atoms. The van der Waals surface area contributed by atoms with Crippen molar-refractivity contribution >= 4 is 43.7 Å². The molecule has 0 fully saturated rings. The lowest BCUT2D eigenvalue weighted by Gasteiger charge is -2.14. The molecule has 10 heteroatoms. The molecule has 2 heterocycles. The molecule has 0 saturated heterocycles. The van der Waals surface area contributed by atoms with E-state index in [9.17, 15) is 13.2 Å². The molecule has 5 aromatic rings. The molecule has 0 spiro atoms. The quantitative estimate of drug-likeness (QED) is 0.382. The number of anilines is 2. The Labute approximate surface area is 201 Å². The molecule has 2 N–H and O–H groups in total. The first-order chi connectivity index (χ1) is 16.7. The van der Waals surface area contributed by atoms with Gasteiger partial charge in [0.05, 0.1) is 10.6 Å². The Balaban J connectivity index is 1.58. The number of aromatic nitrogens is 4. The zero-order valence-electron chi connectivity index (χ0n) is 19.3. The fraction of sp³-hybridized carbons (Fsp3) is 0.120. The minimum atomic E-state index is -3.90. The summed E-state index contributed by atoms with van der Waals surface area (Å²) < 4.78 is 30.9. The summed E-state index contributed by atoms with van der Waals surface area (Å²) in [6.45, 7) is 4.97. The van der Waals surface area contributed by atoms with Crippen LogP contribution in [0.4, 0.5) is 11.4 Å². The summed E-state index contributed by atoms with van der Waals surface area (Å²) in [6.07, 6.45) is 0. The number of hydrogen-bond acceptors (Lipinski definition) is 6. The first-order valence-electron chi connectivity index (χ1n) is 10.9. The maximum absolute atomic E-state index is 13.3. The SMILES string of the molecule is CC(=O)Nc1ccc(NS(=O)(=O)c2cc(-c3nn4c(C)nnc4c4ccccc34)ccc2C)cc1. The predicted octanol–water partition coefficient (Wildman–Crippen LogP) is 4.32. The van der Waals surface area contributed by atoms with Gasteiger partial charge in [-0.15, -0.1) is 10.2 Å². The average molecular weight is 487 g/mol. The number of carbonyl (C=O) groups is 1. The Morgan fingerprint density at radius 1 is 0.886 bits per heavy atom. The molecule has 0 aliphatic heterocycles. The number of hydrogen-bond donors (Lipinski definition) is 2. The van der Waals surface area contributed by atoms with Crippen LogP contribution in [0.5, 0.6) is 0 Å². The van der Waals surface area contributed by atoms with Crippen molar-refractivity contribution in [2.24, 2.45) is 0 Å². The molecule has 3 aromatic carbocycles. The number of aryl methyl sites for hydroxylation is 2. The van der Waals surface area contributed by atoms with Crippen LogP contribution in [0.15, 0.2) is 71.6 Å². The van der Waals surface area contributed by atoms with Gasteiger partial charge in [0, 0.05) is 34.6 Å². The van der Waals surface area contributed by atoms with E-state index in [1.807, 2.05) is 37.3 Å². The van der Waals surface area contributed by atoms with Crippen LogP contribution in [0.1, 0.15) is 18.3 Å². The zero-order valence-corrected chi connectivity index (χ0v) is 20.1. The smallest absolute Gasteiger partial charge is 0.262 e. The number of amides is 1. The van der Waals surface area contributed by atoms with E-state index >= 15 is 0 Å². The summed E-state index contributed by atoms with van der Waals surface area (Å²) in [4.78, 5) is 11.4. The number of fused-ring (bicyclic) bond motifs is 3. The normalized spacial score (nSPS) is 11.6. The van der Waals surface area contributed by atoms with Gasteiger partial charge in [-0.05, 0) is 49.7 Å². The third-order valence-corrected chi connectivity index (χ3v) is 7.15. The number of benzene rings is 3. The molecular formula is C25H22N6O3S. The summed E-state index contributed by atoms with van der Waals surface area (Å²) in [5.41, 5.74) is 3.49. The van der Waals surface area contributed by atoms with Crippen molar-refractivity contribution in [3.8, 4) is 11.3 Å². The Kier molecular flexibility index (Phi) is 5.45. The Hall–Kier alpha value is -4.31. The third-order valence-electron chi connectivity index (χ3n) is 5.63. The highest BCUT2D eigenvalue weighted by atomic mass is 32.2. The molecular weight excluding hydrogens is 464 g/mol. The summed E-state index contributed by atoms with van der Waals surface area (Å²) >= 11 is 0. The Morgan fingerprint density at radius 2 is 1.57 bits per heavy atom. The van der Waals surface area contributed by atoms with Crippen molar-refractivity contribution in [3.05, 3.63) is 78.1 Å². The molecule has 0 aliphatic rings. The van der Waals surface area contributed by atoms with Gasteiger partial charge in [-0.25, -0.2) is 8.42 Å². The van der Waals surface area contributed by atoms with Crippen molar-refractivity contribution < 1.29 is 13.2 Å². The van der Waals surface area contributed by atoms with Gasteiger partial charge in [-0.1, -0.05) is 36.4 Å². The number of carbonyl (C=O) groups excluding carboxylic acids is 1. The second-order valence-corrected chi connectivity index (χ2v) is 9.87. The number of nitrogens with one attached hydrogen (secondary N) is 2. The van der Waals surface area contributed by atoms with Gasteiger partial charge in [-0.2, -0.15) is 9.61 Å². The lowest BCUT2D eigenvalue weighted by molar-refractivity contribution is -0.114.